The Morgan fingerprint density at radius 3 is 2.60 bits per heavy atom. The van der Waals surface area contributed by atoms with Crippen LogP contribution in [-0.2, 0) is 4.74 Å². The lowest BCUT2D eigenvalue weighted by molar-refractivity contribution is -0.384. The summed E-state index contributed by atoms with van der Waals surface area (Å²) in [6.45, 7) is 0. The summed E-state index contributed by atoms with van der Waals surface area (Å²) in [7, 11) is 1.14. The number of pyridine rings is 1. The van der Waals surface area contributed by atoms with Gasteiger partial charge in [0, 0.05) is 29.7 Å². The first-order chi connectivity index (χ1) is 14.4. The Bertz CT molecular complexity index is 1140. The average Bonchev–Trinajstić information content (AvgIpc) is 2.73. The van der Waals surface area contributed by atoms with Gasteiger partial charge < -0.3 is 15.4 Å². The molecule has 0 atom stereocenters. The topological polar surface area (TPSA) is 123 Å². The Balaban J connectivity index is 1.90. The number of aromatic nitrogens is 1. The molecule has 0 aliphatic carbocycles. The fraction of sp³-hybridized carbons (Fsp3) is 0.0500. The molecule has 0 fully saturated rings. The molecular weight excluding hydrogens is 395 g/mol. The van der Waals surface area contributed by atoms with E-state index in [9.17, 15) is 24.1 Å². The van der Waals surface area contributed by atoms with Gasteiger partial charge in [-0.15, -0.1) is 0 Å². The number of anilines is 3. The van der Waals surface area contributed by atoms with Gasteiger partial charge in [-0.3, -0.25) is 14.9 Å². The number of carbonyl (C=O) groups excluding carboxylic acids is 2. The van der Waals surface area contributed by atoms with Crippen molar-refractivity contribution in [3.8, 4) is 0 Å². The summed E-state index contributed by atoms with van der Waals surface area (Å²) in [5, 5.41) is 16.5. The van der Waals surface area contributed by atoms with Crippen molar-refractivity contribution in [1.82, 2.24) is 4.98 Å². The van der Waals surface area contributed by atoms with Crippen LogP contribution in [0.15, 0.2) is 60.8 Å². The van der Waals surface area contributed by atoms with E-state index in [0.717, 1.165) is 19.2 Å². The molecule has 0 bridgehead atoms. The van der Waals surface area contributed by atoms with Gasteiger partial charge in [0.1, 0.15) is 11.6 Å². The number of halogens is 1. The van der Waals surface area contributed by atoms with E-state index >= 15 is 0 Å². The van der Waals surface area contributed by atoms with E-state index in [1.807, 2.05) is 0 Å². The van der Waals surface area contributed by atoms with Crippen molar-refractivity contribution in [3.05, 3.63) is 87.9 Å². The van der Waals surface area contributed by atoms with Crippen LogP contribution in [0.2, 0.25) is 0 Å². The quantitative estimate of drug-likeness (QED) is 0.359. The molecule has 0 saturated carbocycles. The van der Waals surface area contributed by atoms with Crippen LogP contribution >= 0.6 is 0 Å². The number of ether oxygens (including phenoxy) is 1. The Morgan fingerprint density at radius 2 is 1.90 bits per heavy atom. The van der Waals surface area contributed by atoms with Gasteiger partial charge in [0.25, 0.3) is 11.6 Å². The summed E-state index contributed by atoms with van der Waals surface area (Å²) in [5.41, 5.74) is 0.0258. The number of methoxy groups -OCH3 is 1. The number of non-ortho nitro benzene ring substituents is 1. The van der Waals surface area contributed by atoms with Crippen molar-refractivity contribution in [2.24, 2.45) is 0 Å². The molecule has 3 aromatic rings. The second kappa shape index (κ2) is 8.78. The highest BCUT2D eigenvalue weighted by molar-refractivity contribution is 6.08. The van der Waals surface area contributed by atoms with Crippen LogP contribution in [0.3, 0.4) is 0 Å². The zero-order valence-electron chi connectivity index (χ0n) is 15.6. The number of nitrogens with one attached hydrogen (secondary N) is 2. The Kier molecular flexibility index (Phi) is 5.97. The third-order valence-corrected chi connectivity index (χ3v) is 3.95. The molecule has 2 N–H and O–H groups in total. The number of esters is 1. The van der Waals surface area contributed by atoms with Gasteiger partial charge in [-0.05, 0) is 36.4 Å². The maximum Gasteiger partial charge on any atom is 0.338 e. The summed E-state index contributed by atoms with van der Waals surface area (Å²) < 4.78 is 18.0. The molecule has 1 heterocycles. The second-order valence-corrected chi connectivity index (χ2v) is 6.01. The third kappa shape index (κ3) is 4.73. The molecule has 0 unspecified atom stereocenters. The summed E-state index contributed by atoms with van der Waals surface area (Å²) in [4.78, 5) is 39.1. The maximum atomic E-state index is 13.4. The van der Waals surface area contributed by atoms with E-state index in [4.69, 9.17) is 0 Å². The first-order valence-corrected chi connectivity index (χ1v) is 8.54. The molecule has 0 radical (unpaired) electrons. The number of hydrogen-bond donors (Lipinski definition) is 2. The molecule has 152 valence electrons. The molecule has 0 spiro atoms. The number of amides is 1. The van der Waals surface area contributed by atoms with E-state index in [0.29, 0.717) is 5.69 Å². The lowest BCUT2D eigenvalue weighted by Gasteiger charge is -2.12. The standard InChI is InChI=1S/C20H15FN4O5/c1-30-20(27)12-8-15(11-16(9-12)25(28)29)24-19(26)17-6-3-7-22-18(17)23-14-5-2-4-13(21)10-14/h2-11H,1H3,(H,22,23)(H,24,26). The molecule has 0 aliphatic rings. The molecule has 2 aromatic carbocycles. The lowest BCUT2D eigenvalue weighted by atomic mass is 10.1. The van der Waals surface area contributed by atoms with Crippen LogP contribution in [0.1, 0.15) is 20.7 Å². The van der Waals surface area contributed by atoms with Gasteiger partial charge in [0.2, 0.25) is 0 Å². The monoisotopic (exact) mass is 410 g/mol. The maximum absolute atomic E-state index is 13.4. The third-order valence-electron chi connectivity index (χ3n) is 3.95. The van der Waals surface area contributed by atoms with Gasteiger partial charge in [0.05, 0.1) is 23.2 Å². The van der Waals surface area contributed by atoms with Crippen LogP contribution in [0, 0.1) is 15.9 Å². The fourth-order valence-corrected chi connectivity index (χ4v) is 2.61. The van der Waals surface area contributed by atoms with Crippen molar-refractivity contribution in [1.29, 1.82) is 0 Å². The summed E-state index contributed by atoms with van der Waals surface area (Å²) in [6.07, 6.45) is 1.45. The smallest absolute Gasteiger partial charge is 0.338 e. The van der Waals surface area contributed by atoms with E-state index in [-0.39, 0.29) is 22.6 Å². The highest BCUT2D eigenvalue weighted by Gasteiger charge is 2.18. The summed E-state index contributed by atoms with van der Waals surface area (Å²) in [6, 6.07) is 12.0. The molecule has 1 amide bonds. The van der Waals surface area contributed by atoms with E-state index in [1.54, 1.807) is 6.07 Å². The minimum Gasteiger partial charge on any atom is -0.465 e. The lowest BCUT2D eigenvalue weighted by Crippen LogP contribution is -2.15. The van der Waals surface area contributed by atoms with Crippen LogP contribution in [0.4, 0.5) is 27.3 Å². The first-order valence-electron chi connectivity index (χ1n) is 8.54. The SMILES string of the molecule is COC(=O)c1cc(NC(=O)c2cccnc2Nc2cccc(F)c2)cc([N+](=O)[O-])c1. The zero-order valence-corrected chi connectivity index (χ0v) is 15.6. The molecule has 0 saturated heterocycles. The predicted molar refractivity (Wildman–Crippen MR) is 106 cm³/mol. The number of carbonyl (C=O) groups is 2. The molecule has 30 heavy (non-hydrogen) atoms. The number of hydrogen-bond acceptors (Lipinski definition) is 7. The molecule has 10 heteroatoms. The fourth-order valence-electron chi connectivity index (χ4n) is 2.61. The van der Waals surface area contributed by atoms with E-state index in [2.05, 4.69) is 20.4 Å². The van der Waals surface area contributed by atoms with Gasteiger partial charge in [-0.25, -0.2) is 14.2 Å². The number of nitro groups is 1. The molecule has 3 rings (SSSR count). The molecule has 0 aliphatic heterocycles. The summed E-state index contributed by atoms with van der Waals surface area (Å²) in [5.74, 6) is -1.74. The molecule has 9 nitrogen and oxygen atoms in total. The van der Waals surface area contributed by atoms with Crippen LogP contribution in [-0.4, -0.2) is 28.9 Å². The predicted octanol–water partition coefficient (Wildman–Crippen LogP) is 3.91. The highest BCUT2D eigenvalue weighted by Crippen LogP contribution is 2.24. The van der Waals surface area contributed by atoms with Crippen LogP contribution in [0.5, 0.6) is 0 Å². The van der Waals surface area contributed by atoms with Gasteiger partial charge >= 0.3 is 5.97 Å². The Labute approximate surface area is 169 Å². The van der Waals surface area contributed by atoms with Gasteiger partial charge in [-0.1, -0.05) is 6.07 Å². The number of benzene rings is 2. The van der Waals surface area contributed by atoms with Crippen molar-refractivity contribution >= 4 is 34.8 Å². The number of nitro benzene ring substituents is 1. The van der Waals surface area contributed by atoms with Crippen molar-refractivity contribution < 1.29 is 23.6 Å². The number of rotatable bonds is 6. The van der Waals surface area contributed by atoms with Gasteiger partial charge in [-0.2, -0.15) is 0 Å². The summed E-state index contributed by atoms with van der Waals surface area (Å²) >= 11 is 0. The minimum absolute atomic E-state index is 0.0233. The largest absolute Gasteiger partial charge is 0.465 e. The molecular formula is C20H15FN4O5. The Hall–Kier alpha value is -4.34. The highest BCUT2D eigenvalue weighted by atomic mass is 19.1. The average molecular weight is 410 g/mol. The zero-order chi connectivity index (χ0) is 21.7. The first kappa shape index (κ1) is 20.4. The van der Waals surface area contributed by atoms with E-state index in [1.165, 1.54) is 42.6 Å². The minimum atomic E-state index is -0.788. The van der Waals surface area contributed by atoms with Crippen molar-refractivity contribution in [2.75, 3.05) is 17.7 Å². The normalized spacial score (nSPS) is 10.2. The number of nitrogens with zero attached hydrogens (tertiary/aromatic N) is 2. The van der Waals surface area contributed by atoms with Crippen molar-refractivity contribution in [2.45, 2.75) is 0 Å². The van der Waals surface area contributed by atoms with Crippen molar-refractivity contribution in [3.63, 3.8) is 0 Å². The second-order valence-electron chi connectivity index (χ2n) is 6.01. The molecule has 1 aromatic heterocycles. The Morgan fingerprint density at radius 1 is 1.10 bits per heavy atom. The van der Waals surface area contributed by atoms with Crippen LogP contribution in [0.25, 0.3) is 0 Å². The van der Waals surface area contributed by atoms with Gasteiger partial charge in [0.15, 0.2) is 0 Å². The van der Waals surface area contributed by atoms with E-state index < -0.39 is 28.3 Å². The van der Waals surface area contributed by atoms with Crippen LogP contribution < -0.4 is 10.6 Å².